The summed E-state index contributed by atoms with van der Waals surface area (Å²) in [5.74, 6) is 0.169. The van der Waals surface area contributed by atoms with Crippen LogP contribution in [0.5, 0.6) is 0 Å². The molecular weight excluding hydrogens is 310 g/mol. The monoisotopic (exact) mass is 331 g/mol. The molecule has 1 aliphatic rings. The molecule has 0 bridgehead atoms. The zero-order valence-corrected chi connectivity index (χ0v) is 14.5. The first-order valence-electron chi connectivity index (χ1n) is 7.87. The number of nitrogens with zero attached hydrogens (tertiary/aromatic N) is 5. The molecule has 1 aliphatic heterocycles. The average molecular weight is 331 g/mol. The minimum Gasteiger partial charge on any atom is -0.342 e. The number of benzene rings is 1. The quantitative estimate of drug-likeness (QED) is 0.805. The Morgan fingerprint density at radius 3 is 2.65 bits per heavy atom. The van der Waals surface area contributed by atoms with Crippen LogP contribution >= 0.6 is 11.8 Å². The van der Waals surface area contributed by atoms with Gasteiger partial charge < -0.3 is 4.90 Å². The van der Waals surface area contributed by atoms with Crippen molar-refractivity contribution < 1.29 is 4.79 Å². The van der Waals surface area contributed by atoms with Crippen LogP contribution in [-0.2, 0) is 4.79 Å². The average Bonchev–Trinajstić information content (AvgIpc) is 3.20. The molecule has 0 aliphatic carbocycles. The molecule has 23 heavy (non-hydrogen) atoms. The maximum Gasteiger partial charge on any atom is 0.235 e. The van der Waals surface area contributed by atoms with Gasteiger partial charge in [-0.25, -0.2) is 0 Å². The van der Waals surface area contributed by atoms with E-state index in [0.717, 1.165) is 31.6 Å². The Hall–Kier alpha value is -1.89. The van der Waals surface area contributed by atoms with Crippen molar-refractivity contribution in [2.75, 3.05) is 13.1 Å². The van der Waals surface area contributed by atoms with Gasteiger partial charge in [-0.2, -0.15) is 4.68 Å². The van der Waals surface area contributed by atoms with Crippen LogP contribution in [0.1, 0.15) is 30.9 Å². The fourth-order valence-corrected chi connectivity index (χ4v) is 3.57. The highest BCUT2D eigenvalue weighted by Crippen LogP contribution is 2.25. The third-order valence-electron chi connectivity index (χ3n) is 4.22. The third kappa shape index (κ3) is 3.39. The summed E-state index contributed by atoms with van der Waals surface area (Å²) in [6.45, 7) is 7.79. The maximum absolute atomic E-state index is 12.4. The Balaban J connectivity index is 1.77. The van der Waals surface area contributed by atoms with E-state index in [1.165, 1.54) is 22.9 Å². The van der Waals surface area contributed by atoms with E-state index in [1.54, 1.807) is 4.68 Å². The van der Waals surface area contributed by atoms with Gasteiger partial charge in [-0.3, -0.25) is 4.79 Å². The van der Waals surface area contributed by atoms with Gasteiger partial charge in [0.1, 0.15) is 0 Å². The smallest absolute Gasteiger partial charge is 0.235 e. The van der Waals surface area contributed by atoms with Crippen molar-refractivity contribution in [2.24, 2.45) is 0 Å². The van der Waals surface area contributed by atoms with Crippen LogP contribution in [0.15, 0.2) is 23.4 Å². The molecule has 1 saturated heterocycles. The molecule has 6 nitrogen and oxygen atoms in total. The van der Waals surface area contributed by atoms with Crippen molar-refractivity contribution in [1.29, 1.82) is 0 Å². The topological polar surface area (TPSA) is 63.9 Å². The molecule has 7 heteroatoms. The van der Waals surface area contributed by atoms with Crippen molar-refractivity contribution >= 4 is 17.7 Å². The van der Waals surface area contributed by atoms with E-state index in [2.05, 4.69) is 41.5 Å². The molecule has 0 unspecified atom stereocenters. The van der Waals surface area contributed by atoms with Gasteiger partial charge in [0.2, 0.25) is 11.1 Å². The van der Waals surface area contributed by atoms with Gasteiger partial charge in [-0.05, 0) is 67.3 Å². The molecule has 3 rings (SSSR count). The number of hydrogen-bond donors (Lipinski definition) is 0. The molecule has 1 amide bonds. The first-order valence-corrected chi connectivity index (χ1v) is 8.75. The number of carbonyl (C=O) groups is 1. The largest absolute Gasteiger partial charge is 0.342 e. The molecule has 1 aromatic carbocycles. The van der Waals surface area contributed by atoms with Gasteiger partial charge in [-0.1, -0.05) is 17.8 Å². The molecule has 0 N–H and O–H groups in total. The van der Waals surface area contributed by atoms with Crippen molar-refractivity contribution in [3.8, 4) is 5.69 Å². The van der Waals surface area contributed by atoms with Gasteiger partial charge >= 0.3 is 0 Å². The number of thioether (sulfide) groups is 1. The fraction of sp³-hybridized carbons (Fsp3) is 0.500. The lowest BCUT2D eigenvalue weighted by atomic mass is 10.1. The van der Waals surface area contributed by atoms with Crippen LogP contribution in [0.4, 0.5) is 0 Å². The number of aromatic nitrogens is 4. The number of aryl methyl sites for hydroxylation is 2. The summed E-state index contributed by atoms with van der Waals surface area (Å²) in [5, 5.41) is 12.4. The molecule has 0 saturated carbocycles. The zero-order valence-electron chi connectivity index (χ0n) is 13.7. The minimum atomic E-state index is -0.190. The molecule has 2 aromatic rings. The van der Waals surface area contributed by atoms with Gasteiger partial charge in [-0.15, -0.1) is 5.10 Å². The lowest BCUT2D eigenvalue weighted by molar-refractivity contribution is -0.129. The van der Waals surface area contributed by atoms with Crippen molar-refractivity contribution in [1.82, 2.24) is 25.1 Å². The number of carbonyl (C=O) groups excluding carboxylic acids is 1. The van der Waals surface area contributed by atoms with E-state index in [-0.39, 0.29) is 11.2 Å². The highest BCUT2D eigenvalue weighted by atomic mass is 32.2. The number of likely N-dealkylation sites (tertiary alicyclic amines) is 1. The number of hydrogen-bond acceptors (Lipinski definition) is 5. The van der Waals surface area contributed by atoms with E-state index < -0.39 is 0 Å². The van der Waals surface area contributed by atoms with Gasteiger partial charge in [0.05, 0.1) is 10.9 Å². The molecule has 0 spiro atoms. The number of tetrazole rings is 1. The minimum absolute atomic E-state index is 0.169. The molecule has 1 fully saturated rings. The second kappa shape index (κ2) is 6.70. The Morgan fingerprint density at radius 2 is 1.96 bits per heavy atom. The zero-order chi connectivity index (χ0) is 16.4. The SMILES string of the molecule is Cc1ccc(-n2nnnc2S[C@H](C)C(=O)N2CCCC2)cc1C. The summed E-state index contributed by atoms with van der Waals surface area (Å²) in [6.07, 6.45) is 2.20. The van der Waals surface area contributed by atoms with Gasteiger partial charge in [0, 0.05) is 13.1 Å². The van der Waals surface area contributed by atoms with Gasteiger partial charge in [0.15, 0.2) is 0 Å². The highest BCUT2D eigenvalue weighted by Gasteiger charge is 2.25. The molecule has 0 radical (unpaired) electrons. The Morgan fingerprint density at radius 1 is 1.22 bits per heavy atom. The lowest BCUT2D eigenvalue weighted by Gasteiger charge is -2.19. The third-order valence-corrected chi connectivity index (χ3v) is 5.24. The van der Waals surface area contributed by atoms with Crippen LogP contribution in [0.25, 0.3) is 5.69 Å². The molecule has 122 valence electrons. The molecule has 1 aromatic heterocycles. The van der Waals surface area contributed by atoms with E-state index in [9.17, 15) is 4.79 Å². The Kier molecular flexibility index (Phi) is 4.66. The summed E-state index contributed by atoms with van der Waals surface area (Å²) in [6, 6.07) is 6.11. The van der Waals surface area contributed by atoms with Crippen LogP contribution in [-0.4, -0.2) is 49.4 Å². The van der Waals surface area contributed by atoms with Crippen LogP contribution < -0.4 is 0 Å². The van der Waals surface area contributed by atoms with E-state index in [4.69, 9.17) is 0 Å². The van der Waals surface area contributed by atoms with E-state index >= 15 is 0 Å². The first-order chi connectivity index (χ1) is 11.1. The second-order valence-electron chi connectivity index (χ2n) is 5.93. The first kappa shape index (κ1) is 16.0. The standard InChI is InChI=1S/C16H21N5OS/c1-11-6-7-14(10-12(11)2)21-16(17-18-19-21)23-13(3)15(22)20-8-4-5-9-20/h6-7,10,13H,4-5,8-9H2,1-3H3/t13-/m1/s1. The maximum atomic E-state index is 12.4. The number of rotatable bonds is 4. The van der Waals surface area contributed by atoms with Gasteiger partial charge in [0.25, 0.3) is 0 Å². The van der Waals surface area contributed by atoms with Crippen LogP contribution in [0, 0.1) is 13.8 Å². The molecule has 1 atom stereocenters. The molecular formula is C16H21N5OS. The van der Waals surface area contributed by atoms with Crippen molar-refractivity contribution in [3.63, 3.8) is 0 Å². The predicted octanol–water partition coefficient (Wildman–Crippen LogP) is 2.38. The van der Waals surface area contributed by atoms with Crippen molar-refractivity contribution in [3.05, 3.63) is 29.3 Å². The van der Waals surface area contributed by atoms with Crippen LogP contribution in [0.3, 0.4) is 0 Å². The summed E-state index contributed by atoms with van der Waals surface area (Å²) in [5.41, 5.74) is 3.34. The summed E-state index contributed by atoms with van der Waals surface area (Å²) >= 11 is 1.41. The predicted molar refractivity (Wildman–Crippen MR) is 89.8 cm³/mol. The Bertz CT molecular complexity index is 708. The Labute approximate surface area is 140 Å². The van der Waals surface area contributed by atoms with E-state index in [0.29, 0.717) is 5.16 Å². The normalized spacial score (nSPS) is 15.9. The number of amides is 1. The highest BCUT2D eigenvalue weighted by molar-refractivity contribution is 8.00. The lowest BCUT2D eigenvalue weighted by Crippen LogP contribution is -2.34. The summed E-state index contributed by atoms with van der Waals surface area (Å²) in [4.78, 5) is 14.4. The van der Waals surface area contributed by atoms with Crippen LogP contribution in [0.2, 0.25) is 0 Å². The summed E-state index contributed by atoms with van der Waals surface area (Å²) in [7, 11) is 0. The summed E-state index contributed by atoms with van der Waals surface area (Å²) < 4.78 is 1.70. The van der Waals surface area contributed by atoms with E-state index in [1.807, 2.05) is 17.9 Å². The van der Waals surface area contributed by atoms with Crippen molar-refractivity contribution in [2.45, 2.75) is 44.0 Å². The second-order valence-corrected chi connectivity index (χ2v) is 7.24. The fourth-order valence-electron chi connectivity index (χ4n) is 2.67. The molecule has 2 heterocycles.